The molecule has 0 aromatic heterocycles. The summed E-state index contributed by atoms with van der Waals surface area (Å²) in [7, 11) is 0.372. The number of methoxy groups -OCH3 is 1. The third-order valence-electron chi connectivity index (χ3n) is 2.24. The van der Waals surface area contributed by atoms with Crippen molar-refractivity contribution in [2.75, 3.05) is 7.11 Å². The van der Waals surface area contributed by atoms with Crippen LogP contribution < -0.4 is 4.74 Å². The minimum atomic E-state index is -1.25. The minimum Gasteiger partial charge on any atom is -0.496 e. The molecule has 4 heteroatoms. The van der Waals surface area contributed by atoms with Crippen LogP contribution in [-0.2, 0) is 11.0 Å². The van der Waals surface area contributed by atoms with E-state index in [0.717, 1.165) is 17.0 Å². The van der Waals surface area contributed by atoms with Crippen LogP contribution in [0.4, 0.5) is 0 Å². The first-order valence-electron chi connectivity index (χ1n) is 5.47. The molecule has 0 N–H and O–H groups in total. The van der Waals surface area contributed by atoms with E-state index in [4.69, 9.17) is 4.74 Å². The van der Waals surface area contributed by atoms with Crippen LogP contribution in [0.15, 0.2) is 28.7 Å². The molecule has 0 amide bonds. The largest absolute Gasteiger partial charge is 0.496 e. The number of hydrogen-bond donors (Lipinski definition) is 0. The van der Waals surface area contributed by atoms with Crippen LogP contribution in [0.25, 0.3) is 0 Å². The molecule has 0 bridgehead atoms. The fourth-order valence-electron chi connectivity index (χ4n) is 1.25. The number of nitrogens with zero attached hydrogens (tertiary/aromatic N) is 1. The van der Waals surface area contributed by atoms with Crippen LogP contribution in [0.1, 0.15) is 33.3 Å². The Morgan fingerprint density at radius 2 is 1.88 bits per heavy atom. The first kappa shape index (κ1) is 13.9. The van der Waals surface area contributed by atoms with Crippen LogP contribution in [0.3, 0.4) is 0 Å². The zero-order valence-corrected chi connectivity index (χ0v) is 11.8. The van der Waals surface area contributed by atoms with Crippen molar-refractivity contribution in [2.24, 2.45) is 4.40 Å². The van der Waals surface area contributed by atoms with Gasteiger partial charge in [-0.2, -0.15) is 4.40 Å². The zero-order chi connectivity index (χ0) is 13.1. The molecule has 0 heterocycles. The van der Waals surface area contributed by atoms with Gasteiger partial charge in [-0.25, -0.2) is 4.21 Å². The van der Waals surface area contributed by atoms with Crippen LogP contribution in [0.2, 0.25) is 0 Å². The van der Waals surface area contributed by atoms with Gasteiger partial charge in [0.05, 0.1) is 17.6 Å². The van der Waals surface area contributed by atoms with E-state index in [1.165, 1.54) is 0 Å². The maximum atomic E-state index is 11.9. The number of ether oxygens (including phenoxy) is 1. The molecule has 3 nitrogen and oxygen atoms in total. The van der Waals surface area contributed by atoms with Crippen molar-refractivity contribution in [3.05, 3.63) is 29.8 Å². The first-order valence-corrected chi connectivity index (χ1v) is 6.57. The van der Waals surface area contributed by atoms with Gasteiger partial charge >= 0.3 is 0 Å². The lowest BCUT2D eigenvalue weighted by Crippen LogP contribution is -2.20. The highest BCUT2D eigenvalue weighted by Gasteiger charge is 2.19. The normalized spacial score (nSPS) is 14.5. The molecule has 1 atom stereocenters. The van der Waals surface area contributed by atoms with E-state index in [0.29, 0.717) is 0 Å². The maximum Gasteiger partial charge on any atom is 0.145 e. The van der Waals surface area contributed by atoms with Gasteiger partial charge in [-0.15, -0.1) is 0 Å². The molecule has 0 radical (unpaired) electrons. The summed E-state index contributed by atoms with van der Waals surface area (Å²) in [5, 5.41) is 0. The zero-order valence-electron chi connectivity index (χ0n) is 11.0. The fraction of sp³-hybridized carbons (Fsp3) is 0.462. The average molecular weight is 253 g/mol. The van der Waals surface area contributed by atoms with Crippen LogP contribution in [0.5, 0.6) is 5.75 Å². The number of benzene rings is 1. The van der Waals surface area contributed by atoms with Crippen molar-refractivity contribution in [3.63, 3.8) is 0 Å². The second-order valence-corrected chi connectivity index (χ2v) is 6.64. The number of para-hydroxylation sites is 1. The molecule has 0 saturated heterocycles. The lowest BCUT2D eigenvalue weighted by atomic mass is 10.1. The second-order valence-electron chi connectivity index (χ2n) is 4.74. The Morgan fingerprint density at radius 1 is 1.29 bits per heavy atom. The van der Waals surface area contributed by atoms with E-state index >= 15 is 0 Å². The highest BCUT2D eigenvalue weighted by atomic mass is 32.2. The molecule has 1 aromatic rings. The molecule has 17 heavy (non-hydrogen) atoms. The van der Waals surface area contributed by atoms with Gasteiger partial charge in [0, 0.05) is 5.56 Å². The molecule has 0 aliphatic heterocycles. The van der Waals surface area contributed by atoms with Crippen molar-refractivity contribution in [2.45, 2.75) is 32.4 Å². The predicted octanol–water partition coefficient (Wildman–Crippen LogP) is 2.97. The summed E-state index contributed by atoms with van der Waals surface area (Å²) in [6.45, 7) is 7.56. The predicted molar refractivity (Wildman–Crippen MR) is 73.1 cm³/mol. The average Bonchev–Trinajstić information content (AvgIpc) is 2.27. The third-order valence-corrected chi connectivity index (χ3v) is 3.73. The number of rotatable bonds is 3. The van der Waals surface area contributed by atoms with E-state index in [1.807, 2.05) is 52.0 Å². The van der Waals surface area contributed by atoms with E-state index in [9.17, 15) is 4.21 Å². The molecule has 1 aromatic carbocycles. The second kappa shape index (κ2) is 5.45. The summed E-state index contributed by atoms with van der Waals surface area (Å²) in [5.41, 5.74) is 1.61. The smallest absolute Gasteiger partial charge is 0.145 e. The Balaban J connectivity index is 3.08. The van der Waals surface area contributed by atoms with E-state index in [-0.39, 0.29) is 4.75 Å². The first-order chi connectivity index (χ1) is 7.86. The van der Waals surface area contributed by atoms with E-state index in [2.05, 4.69) is 4.40 Å². The van der Waals surface area contributed by atoms with Gasteiger partial charge in [-0.3, -0.25) is 0 Å². The van der Waals surface area contributed by atoms with Crippen molar-refractivity contribution in [3.8, 4) is 5.75 Å². The Kier molecular flexibility index (Phi) is 4.46. The molecular formula is C13H19NO2S. The van der Waals surface area contributed by atoms with E-state index in [1.54, 1.807) is 7.11 Å². The monoisotopic (exact) mass is 253 g/mol. The Morgan fingerprint density at radius 3 is 2.41 bits per heavy atom. The van der Waals surface area contributed by atoms with Crippen LogP contribution in [0, 0.1) is 0 Å². The quantitative estimate of drug-likeness (QED) is 0.777. The summed E-state index contributed by atoms with van der Waals surface area (Å²) in [4.78, 5) is 0. The highest BCUT2D eigenvalue weighted by molar-refractivity contribution is 7.85. The van der Waals surface area contributed by atoms with Gasteiger partial charge in [0.15, 0.2) is 0 Å². The summed E-state index contributed by atoms with van der Waals surface area (Å²) in [5.74, 6) is 0.750. The lowest BCUT2D eigenvalue weighted by Gasteiger charge is -2.14. The van der Waals surface area contributed by atoms with Gasteiger partial charge < -0.3 is 4.74 Å². The van der Waals surface area contributed by atoms with Crippen molar-refractivity contribution >= 4 is 16.7 Å². The van der Waals surface area contributed by atoms with E-state index < -0.39 is 11.0 Å². The van der Waals surface area contributed by atoms with Gasteiger partial charge in [0.25, 0.3) is 0 Å². The van der Waals surface area contributed by atoms with Gasteiger partial charge in [-0.1, -0.05) is 12.1 Å². The Bertz CT molecular complexity index is 447. The lowest BCUT2D eigenvalue weighted by molar-refractivity contribution is 0.414. The maximum absolute atomic E-state index is 11.9. The fourth-order valence-corrected chi connectivity index (χ4v) is 1.87. The third kappa shape index (κ3) is 3.66. The minimum absolute atomic E-state index is 0.344. The highest BCUT2D eigenvalue weighted by Crippen LogP contribution is 2.20. The van der Waals surface area contributed by atoms with Gasteiger partial charge in [-0.05, 0) is 39.8 Å². The Hall–Kier alpha value is -1.16. The Labute approximate surface area is 106 Å². The molecule has 1 unspecified atom stereocenters. The molecule has 0 aliphatic carbocycles. The molecule has 0 fully saturated rings. The molecule has 94 valence electrons. The van der Waals surface area contributed by atoms with Gasteiger partial charge in [0.1, 0.15) is 16.7 Å². The summed E-state index contributed by atoms with van der Waals surface area (Å²) in [6.07, 6.45) is 0. The molecule has 0 saturated carbocycles. The van der Waals surface area contributed by atoms with Crippen molar-refractivity contribution in [1.29, 1.82) is 0 Å². The topological polar surface area (TPSA) is 38.7 Å². The van der Waals surface area contributed by atoms with Gasteiger partial charge in [0.2, 0.25) is 0 Å². The summed E-state index contributed by atoms with van der Waals surface area (Å²) >= 11 is 0. The number of hydrogen-bond acceptors (Lipinski definition) is 2. The van der Waals surface area contributed by atoms with Crippen molar-refractivity contribution < 1.29 is 8.95 Å². The standard InChI is InChI=1S/C13H19NO2S/c1-10(14-17(15)13(2,3)4)11-8-6-7-9-12(11)16-5/h6-9H,1-5H3/b14-10+. The summed E-state index contributed by atoms with van der Waals surface area (Å²) in [6, 6.07) is 7.60. The van der Waals surface area contributed by atoms with Crippen LogP contribution >= 0.6 is 0 Å². The molecule has 1 rings (SSSR count). The molecule has 0 spiro atoms. The molecule has 0 aliphatic rings. The van der Waals surface area contributed by atoms with Crippen molar-refractivity contribution in [1.82, 2.24) is 0 Å². The molecular weight excluding hydrogens is 234 g/mol. The SMILES string of the molecule is COc1ccccc1/C(C)=N/S(=O)C(C)(C)C. The summed E-state index contributed by atoms with van der Waals surface area (Å²) < 4.78 is 21.1. The van der Waals surface area contributed by atoms with Crippen LogP contribution in [-0.4, -0.2) is 21.8 Å².